The first-order valence-corrected chi connectivity index (χ1v) is 5.81. The zero-order valence-electron chi connectivity index (χ0n) is 8.02. The Labute approximate surface area is 105 Å². The maximum Gasteiger partial charge on any atom is 0.155 e. The van der Waals surface area contributed by atoms with Crippen molar-refractivity contribution in [3.05, 3.63) is 46.2 Å². The van der Waals surface area contributed by atoms with Crippen LogP contribution in [0.2, 0.25) is 5.15 Å². The highest BCUT2D eigenvalue weighted by molar-refractivity contribution is 9.10. The maximum absolute atomic E-state index is 6.05. The van der Waals surface area contributed by atoms with E-state index < -0.39 is 0 Å². The summed E-state index contributed by atoms with van der Waals surface area (Å²) in [5, 5.41) is 4.96. The SMILES string of the molecule is Clc1cccc2c(Br)c(-c3ccco3)nn12. The van der Waals surface area contributed by atoms with Crippen LogP contribution in [0.3, 0.4) is 0 Å². The highest BCUT2D eigenvalue weighted by Crippen LogP contribution is 2.32. The van der Waals surface area contributed by atoms with E-state index in [4.69, 9.17) is 16.0 Å². The number of hydrogen-bond acceptors (Lipinski definition) is 2. The number of halogens is 2. The van der Waals surface area contributed by atoms with Crippen LogP contribution in [0, 0.1) is 0 Å². The molecule has 0 saturated carbocycles. The lowest BCUT2D eigenvalue weighted by Gasteiger charge is -1.94. The summed E-state index contributed by atoms with van der Waals surface area (Å²) in [6.45, 7) is 0. The standard InChI is InChI=1S/C11H6BrClN2O/c12-10-7-3-1-5-9(13)15(7)14-11(10)8-4-2-6-16-8/h1-6H. The van der Waals surface area contributed by atoms with Crippen molar-refractivity contribution < 1.29 is 4.42 Å². The fraction of sp³-hybridized carbons (Fsp3) is 0. The second-order valence-electron chi connectivity index (χ2n) is 3.29. The molecule has 0 amide bonds. The molecular formula is C11H6BrClN2O. The highest BCUT2D eigenvalue weighted by Gasteiger charge is 2.15. The van der Waals surface area contributed by atoms with Gasteiger partial charge in [-0.25, -0.2) is 4.52 Å². The number of furan rings is 1. The van der Waals surface area contributed by atoms with E-state index in [0.717, 1.165) is 15.7 Å². The van der Waals surface area contributed by atoms with Gasteiger partial charge in [-0.15, -0.1) is 0 Å². The average molecular weight is 298 g/mol. The van der Waals surface area contributed by atoms with Crippen molar-refractivity contribution in [1.29, 1.82) is 0 Å². The Kier molecular flexibility index (Phi) is 2.26. The van der Waals surface area contributed by atoms with Crippen LogP contribution in [0.25, 0.3) is 17.0 Å². The molecule has 0 saturated heterocycles. The summed E-state index contributed by atoms with van der Waals surface area (Å²) in [7, 11) is 0. The summed E-state index contributed by atoms with van der Waals surface area (Å²) in [5.74, 6) is 0.714. The second-order valence-corrected chi connectivity index (χ2v) is 4.47. The lowest BCUT2D eigenvalue weighted by Crippen LogP contribution is -1.87. The molecule has 0 radical (unpaired) electrons. The van der Waals surface area contributed by atoms with Crippen LogP contribution >= 0.6 is 27.5 Å². The molecule has 3 rings (SSSR count). The monoisotopic (exact) mass is 296 g/mol. The molecule has 3 aromatic rings. The summed E-state index contributed by atoms with van der Waals surface area (Å²) in [6, 6.07) is 9.30. The van der Waals surface area contributed by atoms with Gasteiger partial charge < -0.3 is 4.42 Å². The number of pyridine rings is 1. The average Bonchev–Trinajstić information content (AvgIpc) is 2.88. The number of aromatic nitrogens is 2. The number of nitrogens with zero attached hydrogens (tertiary/aromatic N) is 2. The Morgan fingerprint density at radius 1 is 1.25 bits per heavy atom. The molecule has 3 aromatic heterocycles. The first-order valence-electron chi connectivity index (χ1n) is 4.64. The minimum Gasteiger partial charge on any atom is -0.463 e. The molecule has 0 fully saturated rings. The molecule has 80 valence electrons. The van der Waals surface area contributed by atoms with E-state index in [9.17, 15) is 0 Å². The molecule has 0 aliphatic rings. The maximum atomic E-state index is 6.05. The van der Waals surface area contributed by atoms with E-state index in [0.29, 0.717) is 10.9 Å². The van der Waals surface area contributed by atoms with Crippen molar-refractivity contribution in [2.24, 2.45) is 0 Å². The third-order valence-corrected chi connectivity index (χ3v) is 3.37. The molecule has 0 atom stereocenters. The van der Waals surface area contributed by atoms with E-state index in [1.165, 1.54) is 0 Å². The molecule has 0 spiro atoms. The third kappa shape index (κ3) is 1.37. The summed E-state index contributed by atoms with van der Waals surface area (Å²) in [4.78, 5) is 0. The minimum atomic E-state index is 0.566. The fourth-order valence-corrected chi connectivity index (χ4v) is 2.36. The number of rotatable bonds is 1. The molecule has 0 bridgehead atoms. The van der Waals surface area contributed by atoms with E-state index in [2.05, 4.69) is 21.0 Å². The van der Waals surface area contributed by atoms with Gasteiger partial charge in [-0.2, -0.15) is 5.10 Å². The van der Waals surface area contributed by atoms with Crippen molar-refractivity contribution in [3.63, 3.8) is 0 Å². The van der Waals surface area contributed by atoms with Crippen molar-refractivity contribution >= 4 is 33.0 Å². The lowest BCUT2D eigenvalue weighted by atomic mass is 10.3. The van der Waals surface area contributed by atoms with Crippen molar-refractivity contribution in [1.82, 2.24) is 9.61 Å². The number of fused-ring (bicyclic) bond motifs is 1. The summed E-state index contributed by atoms with van der Waals surface area (Å²) < 4.78 is 7.87. The molecule has 0 aromatic carbocycles. The second kappa shape index (κ2) is 3.64. The predicted molar refractivity (Wildman–Crippen MR) is 65.6 cm³/mol. The van der Waals surface area contributed by atoms with E-state index in [-0.39, 0.29) is 0 Å². The van der Waals surface area contributed by atoms with Gasteiger partial charge in [-0.1, -0.05) is 17.7 Å². The van der Waals surface area contributed by atoms with Crippen LogP contribution in [0.5, 0.6) is 0 Å². The summed E-state index contributed by atoms with van der Waals surface area (Å²) in [6.07, 6.45) is 1.62. The minimum absolute atomic E-state index is 0.566. The molecule has 0 aliphatic heterocycles. The Bertz CT molecular complexity index is 645. The quantitative estimate of drug-likeness (QED) is 0.635. The van der Waals surface area contributed by atoms with Gasteiger partial charge in [-0.3, -0.25) is 0 Å². The van der Waals surface area contributed by atoms with Gasteiger partial charge in [0.15, 0.2) is 5.76 Å². The molecule has 5 heteroatoms. The first kappa shape index (κ1) is 9.93. The number of hydrogen-bond donors (Lipinski definition) is 0. The summed E-state index contributed by atoms with van der Waals surface area (Å²) >= 11 is 9.56. The van der Waals surface area contributed by atoms with Crippen LogP contribution in [0.4, 0.5) is 0 Å². The van der Waals surface area contributed by atoms with Crippen LogP contribution in [-0.4, -0.2) is 9.61 Å². The third-order valence-electron chi connectivity index (χ3n) is 2.31. The highest BCUT2D eigenvalue weighted by atomic mass is 79.9. The molecule has 3 nitrogen and oxygen atoms in total. The molecule has 0 aliphatic carbocycles. The van der Waals surface area contributed by atoms with E-state index in [1.54, 1.807) is 16.8 Å². The predicted octanol–water partition coefficient (Wildman–Crippen LogP) is 4.01. The zero-order chi connectivity index (χ0) is 11.1. The topological polar surface area (TPSA) is 30.4 Å². The van der Waals surface area contributed by atoms with Gasteiger partial charge >= 0.3 is 0 Å². The largest absolute Gasteiger partial charge is 0.463 e. The van der Waals surface area contributed by atoms with Gasteiger partial charge in [0.2, 0.25) is 0 Å². The van der Waals surface area contributed by atoms with Crippen molar-refractivity contribution in [3.8, 4) is 11.5 Å². The van der Waals surface area contributed by atoms with Crippen LogP contribution in [0.15, 0.2) is 45.5 Å². The van der Waals surface area contributed by atoms with Crippen molar-refractivity contribution in [2.45, 2.75) is 0 Å². The Morgan fingerprint density at radius 2 is 2.12 bits per heavy atom. The molecular weight excluding hydrogens is 291 g/mol. The van der Waals surface area contributed by atoms with Crippen LogP contribution < -0.4 is 0 Å². The Hall–Kier alpha value is -1.26. The zero-order valence-corrected chi connectivity index (χ0v) is 10.4. The van der Waals surface area contributed by atoms with Gasteiger partial charge in [0.1, 0.15) is 10.8 Å². The molecule has 3 heterocycles. The van der Waals surface area contributed by atoms with Crippen molar-refractivity contribution in [2.75, 3.05) is 0 Å². The normalized spacial score (nSPS) is 11.1. The first-order chi connectivity index (χ1) is 7.77. The molecule has 0 N–H and O–H groups in total. The van der Waals surface area contributed by atoms with E-state index >= 15 is 0 Å². The summed E-state index contributed by atoms with van der Waals surface area (Å²) in [5.41, 5.74) is 1.66. The van der Waals surface area contributed by atoms with Crippen LogP contribution in [0.1, 0.15) is 0 Å². The molecule has 16 heavy (non-hydrogen) atoms. The smallest absolute Gasteiger partial charge is 0.155 e. The van der Waals surface area contributed by atoms with E-state index in [1.807, 2.05) is 24.3 Å². The molecule has 0 unspecified atom stereocenters. The Morgan fingerprint density at radius 3 is 2.81 bits per heavy atom. The van der Waals surface area contributed by atoms with Crippen LogP contribution in [-0.2, 0) is 0 Å². The van der Waals surface area contributed by atoms with Gasteiger partial charge in [-0.05, 0) is 40.2 Å². The lowest BCUT2D eigenvalue weighted by molar-refractivity contribution is 0.579. The van der Waals surface area contributed by atoms with Gasteiger partial charge in [0.05, 0.1) is 16.3 Å². The fourth-order valence-electron chi connectivity index (χ4n) is 1.58. The van der Waals surface area contributed by atoms with Gasteiger partial charge in [0.25, 0.3) is 0 Å². The Balaban J connectivity index is 2.36. The van der Waals surface area contributed by atoms with Gasteiger partial charge in [0, 0.05) is 0 Å².